The van der Waals surface area contributed by atoms with Crippen LogP contribution in [0.4, 0.5) is 11.4 Å². The molecule has 8 heteroatoms. The van der Waals surface area contributed by atoms with Gasteiger partial charge in [-0.1, -0.05) is 24.6 Å². The lowest BCUT2D eigenvalue weighted by molar-refractivity contribution is 0.102. The number of nitrogens with zero attached hydrogens (tertiary/aromatic N) is 2. The fourth-order valence-electron chi connectivity index (χ4n) is 4.63. The highest BCUT2D eigenvalue weighted by molar-refractivity contribution is 7.90. The fraction of sp³-hybridized carbons (Fsp3) is 0.200. The van der Waals surface area contributed by atoms with Crippen molar-refractivity contribution in [3.05, 3.63) is 66.2 Å². The van der Waals surface area contributed by atoms with Gasteiger partial charge in [-0.05, 0) is 55.3 Å². The lowest BCUT2D eigenvalue weighted by atomic mass is 10.1. The topological polar surface area (TPSA) is 92.0 Å². The van der Waals surface area contributed by atoms with Gasteiger partial charge in [0.15, 0.2) is 0 Å². The van der Waals surface area contributed by atoms with Crippen LogP contribution < -0.4 is 10.2 Å². The third-order valence-electron chi connectivity index (χ3n) is 6.24. The minimum Gasteiger partial charge on any atom is -0.456 e. The van der Waals surface area contributed by atoms with Crippen molar-refractivity contribution >= 4 is 55.1 Å². The number of anilines is 2. The van der Waals surface area contributed by atoms with E-state index in [2.05, 4.69) is 9.71 Å². The minimum absolute atomic E-state index is 0.0806. The van der Waals surface area contributed by atoms with E-state index in [4.69, 9.17) is 4.42 Å². The molecule has 0 unspecified atom stereocenters. The van der Waals surface area contributed by atoms with Crippen LogP contribution in [0, 0.1) is 0 Å². The largest absolute Gasteiger partial charge is 0.456 e. The van der Waals surface area contributed by atoms with Gasteiger partial charge < -0.3 is 14.6 Å². The van der Waals surface area contributed by atoms with Gasteiger partial charge in [0, 0.05) is 35.0 Å². The van der Waals surface area contributed by atoms with Crippen LogP contribution in [0.5, 0.6) is 0 Å². The Bertz CT molecular complexity index is 1570. The van der Waals surface area contributed by atoms with Crippen molar-refractivity contribution in [2.45, 2.75) is 30.6 Å². The molecule has 0 saturated carbocycles. The van der Waals surface area contributed by atoms with Crippen LogP contribution in [0.3, 0.4) is 0 Å². The Morgan fingerprint density at radius 1 is 0.939 bits per heavy atom. The first-order valence-electron chi connectivity index (χ1n) is 11.0. The molecular weight excluding hydrogens is 438 g/mol. The van der Waals surface area contributed by atoms with Gasteiger partial charge >= 0.3 is 0 Å². The molecule has 1 aromatic heterocycles. The number of furan rings is 1. The molecule has 166 valence electrons. The lowest BCUT2D eigenvalue weighted by Crippen LogP contribution is -2.35. The van der Waals surface area contributed by atoms with Crippen LogP contribution in [0.1, 0.15) is 36.0 Å². The average molecular weight is 460 g/mol. The maximum absolute atomic E-state index is 13.0. The maximum atomic E-state index is 13.0. The standard InChI is InChI=1S/C25H21N3O4S/c29-25(26-17-10-12-22-19(15-17)18-6-3-4-7-21(18)32-22)16-9-11-20-23(14-16)33(30,31)27-24-8-2-1-5-13-28(20)24/h3-4,6-7,9-12,14-15H,1-2,5,8,13H2,(H,26,29). The molecule has 2 aliphatic heterocycles. The Morgan fingerprint density at radius 3 is 2.70 bits per heavy atom. The van der Waals surface area contributed by atoms with E-state index in [1.165, 1.54) is 6.07 Å². The van der Waals surface area contributed by atoms with Gasteiger partial charge in [-0.3, -0.25) is 4.79 Å². The Labute approximate surface area is 190 Å². The summed E-state index contributed by atoms with van der Waals surface area (Å²) in [6.07, 6.45) is 3.59. The zero-order chi connectivity index (χ0) is 22.6. The van der Waals surface area contributed by atoms with Crippen LogP contribution >= 0.6 is 0 Å². The summed E-state index contributed by atoms with van der Waals surface area (Å²) in [6.45, 7) is 0.728. The number of carbonyl (C=O) groups excluding carboxylic acids is 1. The molecule has 0 atom stereocenters. The molecule has 0 radical (unpaired) electrons. The molecule has 6 rings (SSSR count). The van der Waals surface area contributed by atoms with E-state index in [1.807, 2.05) is 41.3 Å². The minimum atomic E-state index is -3.85. The second kappa shape index (κ2) is 7.45. The first-order valence-corrected chi connectivity index (χ1v) is 12.4. The van der Waals surface area contributed by atoms with Crippen LogP contribution in [-0.2, 0) is 10.0 Å². The fourth-order valence-corrected chi connectivity index (χ4v) is 5.91. The van der Waals surface area contributed by atoms with Crippen molar-refractivity contribution in [3.63, 3.8) is 0 Å². The highest BCUT2D eigenvalue weighted by Crippen LogP contribution is 2.35. The van der Waals surface area contributed by atoms with E-state index < -0.39 is 10.0 Å². The van der Waals surface area contributed by atoms with Crippen molar-refractivity contribution in [2.75, 3.05) is 16.8 Å². The number of hydrogen-bond acceptors (Lipinski definition) is 5. The third-order valence-corrected chi connectivity index (χ3v) is 7.58. The summed E-state index contributed by atoms with van der Waals surface area (Å²) in [5.74, 6) is 0.212. The van der Waals surface area contributed by atoms with Crippen molar-refractivity contribution in [1.82, 2.24) is 0 Å². The van der Waals surface area contributed by atoms with Crippen LogP contribution in [0.2, 0.25) is 0 Å². The molecule has 1 saturated heterocycles. The SMILES string of the molecule is O=C(Nc1ccc2oc3ccccc3c2c1)c1ccc2c(c1)S(=O)(=O)N=C1CCCCCN12. The summed E-state index contributed by atoms with van der Waals surface area (Å²) < 4.78 is 35.6. The van der Waals surface area contributed by atoms with Gasteiger partial charge in [0.05, 0.1) is 5.69 Å². The molecule has 1 amide bonds. The molecular formula is C25H21N3O4S. The molecule has 0 aliphatic carbocycles. The predicted molar refractivity (Wildman–Crippen MR) is 129 cm³/mol. The smallest absolute Gasteiger partial charge is 0.286 e. The molecule has 3 heterocycles. The molecule has 3 aromatic carbocycles. The summed E-state index contributed by atoms with van der Waals surface area (Å²) in [7, 11) is -3.85. The van der Waals surface area contributed by atoms with Gasteiger partial charge in [0.25, 0.3) is 15.9 Å². The van der Waals surface area contributed by atoms with Crippen LogP contribution in [-0.4, -0.2) is 26.7 Å². The number of amidine groups is 1. The van der Waals surface area contributed by atoms with E-state index >= 15 is 0 Å². The Balaban J connectivity index is 1.34. The van der Waals surface area contributed by atoms with Crippen LogP contribution in [0.25, 0.3) is 21.9 Å². The number of benzene rings is 3. The van der Waals surface area contributed by atoms with E-state index in [9.17, 15) is 13.2 Å². The Kier molecular flexibility index (Phi) is 4.51. The second-order valence-electron chi connectivity index (χ2n) is 8.39. The normalized spacial score (nSPS) is 17.2. The summed E-state index contributed by atoms with van der Waals surface area (Å²) in [5, 5.41) is 4.75. The number of carbonyl (C=O) groups is 1. The number of fused-ring (bicyclic) bond motifs is 6. The van der Waals surface area contributed by atoms with Crippen molar-refractivity contribution in [1.29, 1.82) is 0 Å². The number of rotatable bonds is 2. The van der Waals surface area contributed by atoms with Crippen molar-refractivity contribution in [3.8, 4) is 0 Å². The highest BCUT2D eigenvalue weighted by atomic mass is 32.2. The lowest BCUT2D eigenvalue weighted by Gasteiger charge is -2.29. The van der Waals surface area contributed by atoms with E-state index in [0.717, 1.165) is 47.7 Å². The third kappa shape index (κ3) is 3.38. The summed E-state index contributed by atoms with van der Waals surface area (Å²) >= 11 is 0. The Hall–Kier alpha value is -3.65. The zero-order valence-corrected chi connectivity index (χ0v) is 18.6. The highest BCUT2D eigenvalue weighted by Gasteiger charge is 2.32. The molecule has 0 bridgehead atoms. The number of para-hydroxylation sites is 1. The van der Waals surface area contributed by atoms with Crippen LogP contribution in [0.15, 0.2) is 74.4 Å². The Morgan fingerprint density at radius 2 is 1.79 bits per heavy atom. The molecule has 2 aliphatic rings. The van der Waals surface area contributed by atoms with Gasteiger partial charge in [0.2, 0.25) is 0 Å². The number of nitrogens with one attached hydrogen (secondary N) is 1. The van der Waals surface area contributed by atoms with Gasteiger partial charge in [-0.15, -0.1) is 4.40 Å². The maximum Gasteiger partial charge on any atom is 0.286 e. The first-order chi connectivity index (χ1) is 16.0. The summed E-state index contributed by atoms with van der Waals surface area (Å²) in [5.41, 5.74) is 2.99. The monoisotopic (exact) mass is 459 g/mol. The summed E-state index contributed by atoms with van der Waals surface area (Å²) in [4.78, 5) is 15.1. The molecule has 4 aromatic rings. The van der Waals surface area contributed by atoms with Crippen molar-refractivity contribution in [2.24, 2.45) is 4.40 Å². The van der Waals surface area contributed by atoms with E-state index in [0.29, 0.717) is 23.6 Å². The molecule has 33 heavy (non-hydrogen) atoms. The average Bonchev–Trinajstić information content (AvgIpc) is 3.01. The summed E-state index contributed by atoms with van der Waals surface area (Å²) in [6, 6.07) is 18.0. The number of hydrogen-bond donors (Lipinski definition) is 1. The van der Waals surface area contributed by atoms with Crippen molar-refractivity contribution < 1.29 is 17.6 Å². The first kappa shape index (κ1) is 20.0. The van der Waals surface area contributed by atoms with Gasteiger partial charge in [0.1, 0.15) is 21.9 Å². The van der Waals surface area contributed by atoms with Gasteiger partial charge in [-0.25, -0.2) is 0 Å². The molecule has 1 fully saturated rings. The second-order valence-corrected chi connectivity index (χ2v) is 9.96. The molecule has 7 nitrogen and oxygen atoms in total. The molecule has 1 N–H and O–H groups in total. The van der Waals surface area contributed by atoms with E-state index in [-0.39, 0.29) is 16.4 Å². The molecule has 0 spiro atoms. The number of sulfonamides is 1. The predicted octanol–water partition coefficient (Wildman–Crippen LogP) is 5.32. The van der Waals surface area contributed by atoms with Gasteiger partial charge in [-0.2, -0.15) is 8.42 Å². The zero-order valence-electron chi connectivity index (χ0n) is 17.7. The quantitative estimate of drug-likeness (QED) is 0.438. The van der Waals surface area contributed by atoms with E-state index in [1.54, 1.807) is 18.2 Å². The number of amides is 1.